The zero-order chi connectivity index (χ0) is 15.3. The third-order valence-electron chi connectivity index (χ3n) is 3.85. The highest BCUT2D eigenvalue weighted by atomic mass is 19.4. The van der Waals surface area contributed by atoms with Crippen LogP contribution in [0.2, 0.25) is 0 Å². The number of carbonyl (C=O) groups is 1. The number of piperidine rings is 1. The Labute approximate surface area is 117 Å². The molecule has 114 valence electrons. The van der Waals surface area contributed by atoms with Gasteiger partial charge in [-0.25, -0.2) is 0 Å². The lowest BCUT2D eigenvalue weighted by Gasteiger charge is -2.34. The molecule has 0 spiro atoms. The minimum absolute atomic E-state index is 0.0498. The first-order valence-corrected chi connectivity index (χ1v) is 6.67. The predicted molar refractivity (Wildman–Crippen MR) is 67.7 cm³/mol. The van der Waals surface area contributed by atoms with Gasteiger partial charge in [0.25, 0.3) is 0 Å². The molecule has 0 unspecified atom stereocenters. The van der Waals surface area contributed by atoms with Crippen LogP contribution in [0.4, 0.5) is 13.2 Å². The van der Waals surface area contributed by atoms with Crippen LogP contribution in [0.15, 0.2) is 0 Å². The standard InChI is InChI=1S/C13H20F3N3O/c1-10(3-6-17)18(2)12(20)9-19-7-4-11(5-8-19)13(14,15)16/h10-11H,3-5,7-9H2,1-2H3/t10-/m1/s1. The topological polar surface area (TPSA) is 47.3 Å². The Kier molecular flexibility index (Phi) is 5.81. The van der Waals surface area contributed by atoms with Crippen LogP contribution in [0.1, 0.15) is 26.2 Å². The van der Waals surface area contributed by atoms with E-state index >= 15 is 0 Å². The van der Waals surface area contributed by atoms with Crippen molar-refractivity contribution in [2.45, 2.75) is 38.4 Å². The van der Waals surface area contributed by atoms with Gasteiger partial charge in [0.05, 0.1) is 25.0 Å². The lowest BCUT2D eigenvalue weighted by atomic mass is 9.96. The van der Waals surface area contributed by atoms with Gasteiger partial charge in [-0.1, -0.05) is 0 Å². The fourth-order valence-corrected chi connectivity index (χ4v) is 2.24. The molecule has 1 amide bonds. The summed E-state index contributed by atoms with van der Waals surface area (Å²) in [5.74, 6) is -1.40. The highest BCUT2D eigenvalue weighted by Crippen LogP contribution is 2.33. The molecule has 0 saturated carbocycles. The van der Waals surface area contributed by atoms with Crippen molar-refractivity contribution in [3.63, 3.8) is 0 Å². The van der Waals surface area contributed by atoms with Crippen molar-refractivity contribution in [1.82, 2.24) is 9.80 Å². The van der Waals surface area contributed by atoms with E-state index in [1.807, 2.05) is 6.07 Å². The molecule has 4 nitrogen and oxygen atoms in total. The molecule has 1 fully saturated rings. The van der Waals surface area contributed by atoms with E-state index in [9.17, 15) is 18.0 Å². The lowest BCUT2D eigenvalue weighted by Crippen LogP contribution is -2.46. The Hall–Kier alpha value is -1.29. The third-order valence-corrected chi connectivity index (χ3v) is 3.85. The molecule has 20 heavy (non-hydrogen) atoms. The number of halogens is 3. The van der Waals surface area contributed by atoms with Crippen LogP contribution in [0, 0.1) is 17.2 Å². The summed E-state index contributed by atoms with van der Waals surface area (Å²) in [6.45, 7) is 2.47. The Bertz CT molecular complexity index is 370. The first-order chi connectivity index (χ1) is 9.25. The van der Waals surface area contributed by atoms with E-state index in [0.717, 1.165) is 0 Å². The molecule has 0 aromatic heterocycles. The fourth-order valence-electron chi connectivity index (χ4n) is 2.24. The van der Waals surface area contributed by atoms with E-state index in [2.05, 4.69) is 0 Å². The van der Waals surface area contributed by atoms with Gasteiger partial charge in [-0.05, 0) is 32.9 Å². The van der Waals surface area contributed by atoms with E-state index in [1.54, 1.807) is 18.9 Å². The number of hydrogen-bond acceptors (Lipinski definition) is 3. The summed E-state index contributed by atoms with van der Waals surface area (Å²) in [7, 11) is 1.62. The molecular formula is C13H20F3N3O. The average Bonchev–Trinajstić information content (AvgIpc) is 2.37. The summed E-state index contributed by atoms with van der Waals surface area (Å²) in [6, 6.07) is 1.82. The van der Waals surface area contributed by atoms with Gasteiger partial charge in [0.15, 0.2) is 0 Å². The maximum absolute atomic E-state index is 12.5. The van der Waals surface area contributed by atoms with Crippen LogP contribution in [0.5, 0.6) is 0 Å². The Balaban J connectivity index is 2.40. The van der Waals surface area contributed by atoms with Gasteiger partial charge in [0.2, 0.25) is 5.91 Å². The van der Waals surface area contributed by atoms with Crippen molar-refractivity contribution in [2.75, 3.05) is 26.7 Å². The van der Waals surface area contributed by atoms with E-state index in [0.29, 0.717) is 0 Å². The molecule has 0 bridgehead atoms. The summed E-state index contributed by atoms with van der Waals surface area (Å²) >= 11 is 0. The number of alkyl halides is 3. The normalized spacial score (nSPS) is 19.4. The first-order valence-electron chi connectivity index (χ1n) is 6.67. The fraction of sp³-hybridized carbons (Fsp3) is 0.846. The molecule has 1 aliphatic rings. The first kappa shape index (κ1) is 16.8. The van der Waals surface area contributed by atoms with Crippen molar-refractivity contribution in [3.05, 3.63) is 0 Å². The van der Waals surface area contributed by atoms with Crippen molar-refractivity contribution in [2.24, 2.45) is 5.92 Å². The van der Waals surface area contributed by atoms with Gasteiger partial charge < -0.3 is 4.90 Å². The van der Waals surface area contributed by atoms with Gasteiger partial charge >= 0.3 is 6.18 Å². The zero-order valence-electron chi connectivity index (χ0n) is 11.8. The SMILES string of the molecule is C[C@H](CC#N)N(C)C(=O)CN1CCC(C(F)(F)F)CC1. The Morgan fingerprint density at radius 3 is 2.45 bits per heavy atom. The van der Waals surface area contributed by atoms with Crippen LogP contribution >= 0.6 is 0 Å². The molecular weight excluding hydrogens is 271 g/mol. The Morgan fingerprint density at radius 2 is 2.00 bits per heavy atom. The molecule has 0 aliphatic carbocycles. The second-order valence-electron chi connectivity index (χ2n) is 5.31. The zero-order valence-corrected chi connectivity index (χ0v) is 11.8. The van der Waals surface area contributed by atoms with Gasteiger partial charge in [-0.3, -0.25) is 9.69 Å². The maximum Gasteiger partial charge on any atom is 0.391 e. The maximum atomic E-state index is 12.5. The number of likely N-dealkylation sites (N-methyl/N-ethyl adjacent to an activating group) is 1. The summed E-state index contributed by atoms with van der Waals surface area (Å²) < 4.78 is 37.6. The molecule has 7 heteroatoms. The second kappa shape index (κ2) is 6.93. The van der Waals surface area contributed by atoms with Crippen LogP contribution in [0.3, 0.4) is 0 Å². The molecule has 0 N–H and O–H groups in total. The highest BCUT2D eigenvalue weighted by molar-refractivity contribution is 5.78. The Morgan fingerprint density at radius 1 is 1.45 bits per heavy atom. The van der Waals surface area contributed by atoms with Gasteiger partial charge in [-0.15, -0.1) is 0 Å². The van der Waals surface area contributed by atoms with Crippen molar-refractivity contribution in [1.29, 1.82) is 5.26 Å². The van der Waals surface area contributed by atoms with E-state index in [-0.39, 0.29) is 50.8 Å². The van der Waals surface area contributed by atoms with Crippen LogP contribution in [0.25, 0.3) is 0 Å². The van der Waals surface area contributed by atoms with Crippen molar-refractivity contribution >= 4 is 5.91 Å². The molecule has 0 aromatic rings. The monoisotopic (exact) mass is 291 g/mol. The van der Waals surface area contributed by atoms with Crippen LogP contribution < -0.4 is 0 Å². The number of rotatable bonds is 4. The molecule has 0 aromatic carbocycles. The predicted octanol–water partition coefficient (Wildman–Crippen LogP) is 2.02. The summed E-state index contributed by atoms with van der Waals surface area (Å²) in [5.41, 5.74) is 0. The van der Waals surface area contributed by atoms with Crippen LogP contribution in [-0.4, -0.2) is 54.6 Å². The minimum atomic E-state index is -4.13. The smallest absolute Gasteiger partial charge is 0.341 e. The van der Waals surface area contributed by atoms with Gasteiger partial charge in [-0.2, -0.15) is 18.4 Å². The summed E-state index contributed by atoms with van der Waals surface area (Å²) in [6.07, 6.45) is -3.78. The summed E-state index contributed by atoms with van der Waals surface area (Å²) in [5, 5.41) is 8.59. The molecule has 0 radical (unpaired) electrons. The molecule has 1 saturated heterocycles. The van der Waals surface area contributed by atoms with Gasteiger partial charge in [0.1, 0.15) is 0 Å². The van der Waals surface area contributed by atoms with E-state index in [4.69, 9.17) is 5.26 Å². The molecule has 1 aliphatic heterocycles. The molecule has 1 heterocycles. The minimum Gasteiger partial charge on any atom is -0.341 e. The van der Waals surface area contributed by atoms with E-state index < -0.39 is 12.1 Å². The average molecular weight is 291 g/mol. The largest absolute Gasteiger partial charge is 0.391 e. The third kappa shape index (κ3) is 4.67. The van der Waals surface area contributed by atoms with Crippen molar-refractivity contribution < 1.29 is 18.0 Å². The number of nitriles is 1. The quantitative estimate of drug-likeness (QED) is 0.796. The number of nitrogens with zero attached hydrogens (tertiary/aromatic N) is 3. The highest BCUT2D eigenvalue weighted by Gasteiger charge is 2.41. The number of carbonyl (C=O) groups excluding carboxylic acids is 1. The number of hydrogen-bond donors (Lipinski definition) is 0. The molecule has 1 rings (SSSR count). The molecule has 1 atom stereocenters. The number of likely N-dealkylation sites (tertiary alicyclic amines) is 1. The van der Waals surface area contributed by atoms with Crippen LogP contribution in [-0.2, 0) is 4.79 Å². The second-order valence-corrected chi connectivity index (χ2v) is 5.31. The van der Waals surface area contributed by atoms with Crippen molar-refractivity contribution in [3.8, 4) is 6.07 Å². The summed E-state index contributed by atoms with van der Waals surface area (Å²) in [4.78, 5) is 15.2. The number of amides is 1. The van der Waals surface area contributed by atoms with Gasteiger partial charge in [0, 0.05) is 13.1 Å². The van der Waals surface area contributed by atoms with E-state index in [1.165, 1.54) is 4.90 Å². The lowest BCUT2D eigenvalue weighted by molar-refractivity contribution is -0.185.